The summed E-state index contributed by atoms with van der Waals surface area (Å²) in [7, 11) is -3.12. The zero-order chi connectivity index (χ0) is 20.0. The van der Waals surface area contributed by atoms with Gasteiger partial charge in [-0.1, -0.05) is 37.3 Å². The Kier molecular flexibility index (Phi) is 6.99. The number of likely N-dealkylation sites (tertiary alicyclic amines) is 1. The molecule has 1 N–H and O–H groups in total. The molecule has 2 aliphatic rings. The van der Waals surface area contributed by atoms with Crippen molar-refractivity contribution in [2.45, 2.75) is 50.9 Å². The smallest absolute Gasteiger partial charge is 0.410 e. The zero-order valence-corrected chi connectivity index (χ0v) is 17.5. The van der Waals surface area contributed by atoms with Gasteiger partial charge in [-0.15, -0.1) is 0 Å². The van der Waals surface area contributed by atoms with Gasteiger partial charge in [0.25, 0.3) is 0 Å². The van der Waals surface area contributed by atoms with Gasteiger partial charge in [-0.05, 0) is 56.2 Å². The molecule has 0 spiro atoms. The highest BCUT2D eigenvalue weighted by atomic mass is 32.2. The van der Waals surface area contributed by atoms with Crippen molar-refractivity contribution in [3.63, 3.8) is 0 Å². The number of hydrogen-bond acceptors (Lipinski definition) is 5. The zero-order valence-electron chi connectivity index (χ0n) is 16.7. The number of ether oxygens (including phenoxy) is 1. The largest absolute Gasteiger partial charge is 0.445 e. The van der Waals surface area contributed by atoms with Crippen molar-refractivity contribution in [1.29, 1.82) is 0 Å². The highest BCUT2D eigenvalue weighted by Gasteiger charge is 2.34. The molecule has 0 bridgehead atoms. The number of hydrogen-bond donors (Lipinski definition) is 1. The molecule has 2 saturated heterocycles. The summed E-state index contributed by atoms with van der Waals surface area (Å²) in [5.74, 6) is 0.257. The lowest BCUT2D eigenvalue weighted by Crippen LogP contribution is -2.43. The minimum Gasteiger partial charge on any atom is -0.445 e. The van der Waals surface area contributed by atoms with Gasteiger partial charge in [-0.3, -0.25) is 0 Å². The lowest BCUT2D eigenvalue weighted by atomic mass is 9.79. The van der Waals surface area contributed by atoms with Crippen molar-refractivity contribution >= 4 is 15.9 Å². The fourth-order valence-corrected chi connectivity index (χ4v) is 6.08. The van der Waals surface area contributed by atoms with E-state index >= 15 is 0 Å². The maximum atomic E-state index is 12.8. The van der Waals surface area contributed by atoms with Crippen LogP contribution in [0.5, 0.6) is 0 Å². The number of piperidine rings is 2. The SMILES string of the molecule is CC1(CCS(=O)(=O)C2CCN(C(=O)OCc3ccccc3)CC2)CCNCC1. The summed E-state index contributed by atoms with van der Waals surface area (Å²) in [6.45, 7) is 5.28. The van der Waals surface area contributed by atoms with E-state index in [1.807, 2.05) is 30.3 Å². The molecular weight excluding hydrogens is 376 g/mol. The van der Waals surface area contributed by atoms with Gasteiger partial charge in [0.05, 0.1) is 11.0 Å². The minimum absolute atomic E-state index is 0.125. The highest BCUT2D eigenvalue weighted by molar-refractivity contribution is 7.92. The Balaban J connectivity index is 1.44. The van der Waals surface area contributed by atoms with Crippen molar-refractivity contribution in [3.8, 4) is 0 Å². The average molecular weight is 409 g/mol. The Morgan fingerprint density at radius 1 is 1.18 bits per heavy atom. The Labute approximate surface area is 168 Å². The minimum atomic E-state index is -3.12. The number of nitrogens with zero attached hydrogens (tertiary/aromatic N) is 1. The topological polar surface area (TPSA) is 75.7 Å². The van der Waals surface area contributed by atoms with Gasteiger partial charge >= 0.3 is 6.09 Å². The van der Waals surface area contributed by atoms with Crippen molar-refractivity contribution < 1.29 is 17.9 Å². The maximum Gasteiger partial charge on any atom is 0.410 e. The van der Waals surface area contributed by atoms with Crippen LogP contribution in [0.2, 0.25) is 0 Å². The van der Waals surface area contributed by atoms with Crippen LogP contribution in [0.1, 0.15) is 44.6 Å². The molecule has 0 aromatic heterocycles. The Hall–Kier alpha value is -1.60. The molecule has 6 nitrogen and oxygen atoms in total. The van der Waals surface area contributed by atoms with Crippen LogP contribution in [0.25, 0.3) is 0 Å². The van der Waals surface area contributed by atoms with Crippen LogP contribution in [0.15, 0.2) is 30.3 Å². The summed E-state index contributed by atoms with van der Waals surface area (Å²) in [6, 6.07) is 9.56. The molecule has 0 aliphatic carbocycles. The van der Waals surface area contributed by atoms with Crippen molar-refractivity contribution in [2.75, 3.05) is 31.9 Å². The predicted octanol–water partition coefficient (Wildman–Crippen LogP) is 2.98. The van der Waals surface area contributed by atoms with Gasteiger partial charge in [0, 0.05) is 13.1 Å². The van der Waals surface area contributed by atoms with Gasteiger partial charge in [-0.2, -0.15) is 0 Å². The average Bonchev–Trinajstić information content (AvgIpc) is 2.72. The predicted molar refractivity (Wildman–Crippen MR) is 110 cm³/mol. The molecule has 2 heterocycles. The van der Waals surface area contributed by atoms with E-state index in [1.165, 1.54) is 0 Å². The standard InChI is InChI=1S/C21H32N2O4S/c1-21(9-12-22-13-10-21)11-16-28(25,26)19-7-14-23(15-8-19)20(24)27-17-18-5-3-2-4-6-18/h2-6,19,22H,7-17H2,1H3. The molecule has 28 heavy (non-hydrogen) atoms. The summed E-state index contributed by atoms with van der Waals surface area (Å²) in [5.41, 5.74) is 1.07. The Morgan fingerprint density at radius 3 is 2.46 bits per heavy atom. The fraction of sp³-hybridized carbons (Fsp3) is 0.667. The fourth-order valence-electron chi connectivity index (χ4n) is 4.04. The van der Waals surface area contributed by atoms with Crippen LogP contribution >= 0.6 is 0 Å². The number of carbonyl (C=O) groups is 1. The number of nitrogens with one attached hydrogen (secondary N) is 1. The van der Waals surface area contributed by atoms with E-state index in [2.05, 4.69) is 12.2 Å². The van der Waals surface area contributed by atoms with E-state index in [9.17, 15) is 13.2 Å². The monoisotopic (exact) mass is 408 g/mol. The van der Waals surface area contributed by atoms with E-state index in [1.54, 1.807) is 4.90 Å². The molecule has 2 fully saturated rings. The quantitative estimate of drug-likeness (QED) is 0.783. The first-order valence-corrected chi connectivity index (χ1v) is 12.0. The molecule has 3 rings (SSSR count). The summed E-state index contributed by atoms with van der Waals surface area (Å²) in [5, 5.41) is 3.00. The van der Waals surface area contributed by atoms with E-state index in [0.29, 0.717) is 25.9 Å². The highest BCUT2D eigenvalue weighted by Crippen LogP contribution is 2.33. The third kappa shape index (κ3) is 5.70. The molecule has 0 saturated carbocycles. The van der Waals surface area contributed by atoms with Crippen LogP contribution in [-0.4, -0.2) is 56.6 Å². The van der Waals surface area contributed by atoms with Gasteiger partial charge < -0.3 is 15.0 Å². The van der Waals surface area contributed by atoms with Crippen LogP contribution in [0, 0.1) is 5.41 Å². The lowest BCUT2D eigenvalue weighted by Gasteiger charge is -2.35. The Bertz CT molecular complexity index is 737. The second-order valence-corrected chi connectivity index (χ2v) is 10.8. The second-order valence-electron chi connectivity index (χ2n) is 8.40. The van der Waals surface area contributed by atoms with Gasteiger partial charge in [0.1, 0.15) is 6.61 Å². The summed E-state index contributed by atoms with van der Waals surface area (Å²) in [6.07, 6.45) is 3.45. The van der Waals surface area contributed by atoms with E-state index in [4.69, 9.17) is 4.74 Å². The summed E-state index contributed by atoms with van der Waals surface area (Å²) in [4.78, 5) is 13.9. The molecule has 7 heteroatoms. The van der Waals surface area contributed by atoms with E-state index in [-0.39, 0.29) is 29.1 Å². The summed E-state index contributed by atoms with van der Waals surface area (Å²) >= 11 is 0. The van der Waals surface area contributed by atoms with Crippen LogP contribution in [0.3, 0.4) is 0 Å². The van der Waals surface area contributed by atoms with Crippen molar-refractivity contribution in [1.82, 2.24) is 10.2 Å². The molecule has 0 atom stereocenters. The number of carbonyl (C=O) groups excluding carboxylic acids is 1. The van der Waals surface area contributed by atoms with Crippen molar-refractivity contribution in [3.05, 3.63) is 35.9 Å². The van der Waals surface area contributed by atoms with Crippen LogP contribution in [0.4, 0.5) is 4.79 Å². The first-order valence-electron chi connectivity index (χ1n) is 10.3. The van der Waals surface area contributed by atoms with Crippen molar-refractivity contribution in [2.24, 2.45) is 5.41 Å². The van der Waals surface area contributed by atoms with Gasteiger partial charge in [0.2, 0.25) is 0 Å². The lowest BCUT2D eigenvalue weighted by molar-refractivity contribution is 0.0897. The molecule has 1 aromatic rings. The molecule has 156 valence electrons. The van der Waals surface area contributed by atoms with Crippen LogP contribution < -0.4 is 5.32 Å². The van der Waals surface area contributed by atoms with Gasteiger partial charge in [-0.25, -0.2) is 13.2 Å². The van der Waals surface area contributed by atoms with E-state index in [0.717, 1.165) is 37.9 Å². The number of amides is 1. The number of sulfone groups is 1. The molecule has 0 radical (unpaired) electrons. The molecule has 0 unspecified atom stereocenters. The third-order valence-electron chi connectivity index (χ3n) is 6.21. The van der Waals surface area contributed by atoms with Gasteiger partial charge in [0.15, 0.2) is 9.84 Å². The number of rotatable bonds is 6. The molecular formula is C21H32N2O4S. The maximum absolute atomic E-state index is 12.8. The molecule has 2 aliphatic heterocycles. The summed E-state index contributed by atoms with van der Waals surface area (Å²) < 4.78 is 31.0. The Morgan fingerprint density at radius 2 is 1.82 bits per heavy atom. The second kappa shape index (κ2) is 9.27. The molecule has 1 aromatic carbocycles. The first-order chi connectivity index (χ1) is 13.4. The first kappa shape index (κ1) is 21.1. The normalized spacial score (nSPS) is 20.7. The van der Waals surface area contributed by atoms with E-state index < -0.39 is 9.84 Å². The van der Waals surface area contributed by atoms with Crippen LogP contribution in [-0.2, 0) is 21.2 Å². The third-order valence-corrected chi connectivity index (χ3v) is 8.47. The molecule has 1 amide bonds. The number of benzene rings is 1.